The first-order chi connectivity index (χ1) is 39.5. The van der Waals surface area contributed by atoms with Crippen molar-refractivity contribution in [2.75, 3.05) is 13.2 Å². The molecule has 0 rings (SSSR count). The Balaban J connectivity index is 4.24. The minimum absolute atomic E-state index is 0.0697. The molecule has 0 bridgehead atoms. The quantitative estimate of drug-likeness (QED) is 0.0261. The molecule has 0 amide bonds. The van der Waals surface area contributed by atoms with Gasteiger partial charge in [-0.25, -0.2) is 0 Å². The Morgan fingerprint density at radius 3 is 0.713 bits per heavy atom. The third-order valence-corrected chi connectivity index (χ3v) is 16.1. The average Bonchev–Trinajstić information content (AvgIpc) is 3.46. The van der Waals surface area contributed by atoms with E-state index in [9.17, 15) is 14.4 Å². The summed E-state index contributed by atoms with van der Waals surface area (Å²) in [6.07, 6.45) is 87.1. The summed E-state index contributed by atoms with van der Waals surface area (Å²) in [5.41, 5.74) is 0. The van der Waals surface area contributed by atoms with Crippen molar-refractivity contribution in [1.82, 2.24) is 0 Å². The molecule has 6 nitrogen and oxygen atoms in total. The minimum Gasteiger partial charge on any atom is -0.462 e. The van der Waals surface area contributed by atoms with Gasteiger partial charge in [0, 0.05) is 19.3 Å². The van der Waals surface area contributed by atoms with Crippen LogP contribution in [0, 0.1) is 0 Å². The molecule has 0 aromatic carbocycles. The van der Waals surface area contributed by atoms with Gasteiger partial charge >= 0.3 is 17.9 Å². The second-order valence-electron chi connectivity index (χ2n) is 24.1. The van der Waals surface area contributed by atoms with Crippen LogP contribution in [0.25, 0.3) is 0 Å². The first-order valence-corrected chi connectivity index (χ1v) is 35.6. The molecule has 0 aliphatic rings. The van der Waals surface area contributed by atoms with E-state index in [0.717, 1.165) is 70.6 Å². The zero-order valence-corrected chi connectivity index (χ0v) is 53.9. The van der Waals surface area contributed by atoms with Gasteiger partial charge in [-0.1, -0.05) is 333 Å². The Bertz CT molecular complexity index is 1380. The van der Waals surface area contributed by atoms with Crippen molar-refractivity contribution in [1.29, 1.82) is 0 Å². The van der Waals surface area contributed by atoms with Gasteiger partial charge in [0.25, 0.3) is 0 Å². The second-order valence-corrected chi connectivity index (χ2v) is 24.1. The zero-order valence-electron chi connectivity index (χ0n) is 53.9. The number of hydrogen-bond acceptors (Lipinski definition) is 6. The topological polar surface area (TPSA) is 78.9 Å². The lowest BCUT2D eigenvalue weighted by atomic mass is 10.0. The lowest BCUT2D eigenvalue weighted by Crippen LogP contribution is -2.30. The normalized spacial score (nSPS) is 12.3. The van der Waals surface area contributed by atoms with Gasteiger partial charge in [-0.2, -0.15) is 0 Å². The molecule has 0 radical (unpaired) electrons. The average molecular weight is 1120 g/mol. The highest BCUT2D eigenvalue weighted by Crippen LogP contribution is 2.18. The largest absolute Gasteiger partial charge is 0.462 e. The number of carbonyl (C=O) groups is 3. The maximum Gasteiger partial charge on any atom is 0.306 e. The Hall–Kier alpha value is -2.63. The Labute approximate surface area is 498 Å². The predicted octanol–water partition coefficient (Wildman–Crippen LogP) is 24.5. The molecular weight excluding hydrogens is 985 g/mol. The number of unbranched alkanes of at least 4 members (excludes halogenated alkanes) is 47. The van der Waals surface area contributed by atoms with Gasteiger partial charge in [-0.05, 0) is 83.5 Å². The van der Waals surface area contributed by atoms with Crippen LogP contribution in [0.2, 0.25) is 0 Å². The summed E-state index contributed by atoms with van der Waals surface area (Å²) in [6, 6.07) is 0. The third kappa shape index (κ3) is 66.2. The van der Waals surface area contributed by atoms with Crippen LogP contribution in [-0.2, 0) is 28.6 Å². The van der Waals surface area contributed by atoms with Crippen molar-refractivity contribution in [3.63, 3.8) is 0 Å². The van der Waals surface area contributed by atoms with Crippen molar-refractivity contribution in [2.24, 2.45) is 0 Å². The molecule has 1 unspecified atom stereocenters. The highest BCUT2D eigenvalue weighted by Gasteiger charge is 2.19. The van der Waals surface area contributed by atoms with E-state index >= 15 is 0 Å². The van der Waals surface area contributed by atoms with Gasteiger partial charge in [-0.15, -0.1) is 0 Å². The smallest absolute Gasteiger partial charge is 0.306 e. The summed E-state index contributed by atoms with van der Waals surface area (Å²) in [6.45, 7) is 6.69. The summed E-state index contributed by atoms with van der Waals surface area (Å²) < 4.78 is 17.0. The van der Waals surface area contributed by atoms with Crippen LogP contribution in [0.4, 0.5) is 0 Å². The Morgan fingerprint density at radius 2 is 0.450 bits per heavy atom. The Kier molecular flexibility index (Phi) is 66.6. The summed E-state index contributed by atoms with van der Waals surface area (Å²) in [7, 11) is 0. The van der Waals surface area contributed by atoms with Gasteiger partial charge in [0.15, 0.2) is 6.10 Å². The van der Waals surface area contributed by atoms with Crippen molar-refractivity contribution < 1.29 is 28.6 Å². The van der Waals surface area contributed by atoms with Crippen LogP contribution >= 0.6 is 0 Å². The van der Waals surface area contributed by atoms with E-state index in [1.54, 1.807) is 0 Å². The van der Waals surface area contributed by atoms with Crippen molar-refractivity contribution in [3.8, 4) is 0 Å². The van der Waals surface area contributed by atoms with Gasteiger partial charge < -0.3 is 14.2 Å². The molecule has 0 aliphatic heterocycles. The zero-order chi connectivity index (χ0) is 57.8. The summed E-state index contributed by atoms with van der Waals surface area (Å²) in [5.74, 6) is -0.848. The number of allylic oxidation sites excluding steroid dienone is 8. The number of rotatable bonds is 66. The van der Waals surface area contributed by atoms with Gasteiger partial charge in [0.05, 0.1) is 0 Å². The van der Waals surface area contributed by atoms with Gasteiger partial charge in [0.2, 0.25) is 0 Å². The number of hydrogen-bond donors (Lipinski definition) is 0. The molecule has 0 saturated carbocycles. The van der Waals surface area contributed by atoms with E-state index < -0.39 is 6.10 Å². The third-order valence-electron chi connectivity index (χ3n) is 16.1. The van der Waals surface area contributed by atoms with Gasteiger partial charge in [0.1, 0.15) is 13.2 Å². The van der Waals surface area contributed by atoms with E-state index in [1.165, 1.54) is 276 Å². The van der Waals surface area contributed by atoms with Crippen molar-refractivity contribution in [3.05, 3.63) is 48.6 Å². The van der Waals surface area contributed by atoms with E-state index in [1.807, 2.05) is 0 Å². The molecule has 0 aliphatic carbocycles. The Morgan fingerprint density at radius 1 is 0.250 bits per heavy atom. The molecule has 0 N–H and O–H groups in total. The molecule has 0 fully saturated rings. The standard InChI is InChI=1S/C74H136O6/c1-4-7-10-13-16-19-22-25-28-30-32-33-34-35-36-37-38-39-40-41-42-44-46-49-52-55-58-61-64-67-73(76)79-70-71(69-78-72(75)66-63-60-57-54-51-48-45-27-24-21-18-15-12-9-6-3)80-74(77)68-65-62-59-56-53-50-47-43-31-29-26-23-20-17-14-11-8-5-2/h22,25,29-32,34-35,71H,4-21,23-24,26-28,33,36-70H2,1-3H3/b25-22-,31-29-,32-30-,35-34-. The number of carbonyl (C=O) groups excluding carboxylic acids is 3. The molecular formula is C74H136O6. The highest BCUT2D eigenvalue weighted by molar-refractivity contribution is 5.71. The summed E-state index contributed by atoms with van der Waals surface area (Å²) in [5, 5.41) is 0. The van der Waals surface area contributed by atoms with E-state index in [2.05, 4.69) is 69.4 Å². The molecule has 0 aromatic rings. The number of esters is 3. The lowest BCUT2D eigenvalue weighted by molar-refractivity contribution is -0.167. The van der Waals surface area contributed by atoms with Crippen LogP contribution in [0.1, 0.15) is 387 Å². The minimum atomic E-state index is -0.774. The molecule has 6 heteroatoms. The summed E-state index contributed by atoms with van der Waals surface area (Å²) >= 11 is 0. The molecule has 0 saturated heterocycles. The molecule has 468 valence electrons. The molecule has 80 heavy (non-hydrogen) atoms. The molecule has 0 aromatic heterocycles. The van der Waals surface area contributed by atoms with Crippen LogP contribution in [0.5, 0.6) is 0 Å². The highest BCUT2D eigenvalue weighted by atomic mass is 16.6. The van der Waals surface area contributed by atoms with Crippen molar-refractivity contribution in [2.45, 2.75) is 393 Å². The van der Waals surface area contributed by atoms with E-state index in [4.69, 9.17) is 14.2 Å². The van der Waals surface area contributed by atoms with Crippen LogP contribution in [0.15, 0.2) is 48.6 Å². The second kappa shape index (κ2) is 68.9. The van der Waals surface area contributed by atoms with Gasteiger partial charge in [-0.3, -0.25) is 14.4 Å². The van der Waals surface area contributed by atoms with E-state index in [-0.39, 0.29) is 31.1 Å². The first kappa shape index (κ1) is 77.4. The fourth-order valence-corrected chi connectivity index (χ4v) is 10.7. The fourth-order valence-electron chi connectivity index (χ4n) is 10.7. The van der Waals surface area contributed by atoms with Crippen LogP contribution in [0.3, 0.4) is 0 Å². The maximum absolute atomic E-state index is 12.9. The molecule has 0 spiro atoms. The number of ether oxygens (including phenoxy) is 3. The van der Waals surface area contributed by atoms with Crippen LogP contribution in [-0.4, -0.2) is 37.2 Å². The SMILES string of the molecule is CCCCCCC/C=C\C/C=C\C/C=C\CCCCCCCCCCCCCCCCC(=O)OCC(COC(=O)CCCCCCCCCCCCCCCCC)OC(=O)CCCCCCCCC/C=C\CCCCCCCCC. The molecule has 1 atom stereocenters. The maximum atomic E-state index is 12.9. The van der Waals surface area contributed by atoms with Crippen LogP contribution < -0.4 is 0 Å². The molecule has 0 heterocycles. The first-order valence-electron chi connectivity index (χ1n) is 35.6. The van der Waals surface area contributed by atoms with E-state index in [0.29, 0.717) is 19.3 Å². The predicted molar refractivity (Wildman–Crippen MR) is 349 cm³/mol. The monoisotopic (exact) mass is 1120 g/mol. The summed E-state index contributed by atoms with van der Waals surface area (Å²) in [4.78, 5) is 38.4. The fraction of sp³-hybridized carbons (Fsp3) is 0.851. The van der Waals surface area contributed by atoms with Crippen molar-refractivity contribution >= 4 is 17.9 Å². The lowest BCUT2D eigenvalue weighted by Gasteiger charge is -2.18.